The third-order valence-corrected chi connectivity index (χ3v) is 6.17. The number of carbonyl (C=O) groups excluding carboxylic acids is 3. The lowest BCUT2D eigenvalue weighted by atomic mass is 10.1. The van der Waals surface area contributed by atoms with Gasteiger partial charge in [0.1, 0.15) is 18.0 Å². The summed E-state index contributed by atoms with van der Waals surface area (Å²) in [7, 11) is 0. The Hall–Kier alpha value is -3.10. The number of anilines is 1. The third kappa shape index (κ3) is 5.44. The van der Waals surface area contributed by atoms with Gasteiger partial charge in [-0.1, -0.05) is 58.5 Å². The highest BCUT2D eigenvalue weighted by molar-refractivity contribution is 6.43. The summed E-state index contributed by atoms with van der Waals surface area (Å²) < 4.78 is 19.0. The quantitative estimate of drug-likeness (QED) is 0.282. The summed E-state index contributed by atoms with van der Waals surface area (Å²) in [5.41, 5.74) is 0.661. The van der Waals surface area contributed by atoms with Gasteiger partial charge in [0.25, 0.3) is 11.8 Å². The molecule has 1 N–H and O–H groups in total. The van der Waals surface area contributed by atoms with Crippen molar-refractivity contribution >= 4 is 76.0 Å². The number of amides is 4. The monoisotopic (exact) mass is 552 g/mol. The Morgan fingerprint density at radius 2 is 1.60 bits per heavy atom. The maximum absolute atomic E-state index is 13.4. The highest BCUT2D eigenvalue weighted by atomic mass is 35.5. The van der Waals surface area contributed by atoms with Gasteiger partial charge in [0, 0.05) is 0 Å². The van der Waals surface area contributed by atoms with Gasteiger partial charge in [0.15, 0.2) is 5.75 Å². The van der Waals surface area contributed by atoms with Crippen molar-refractivity contribution < 1.29 is 23.5 Å². The first-order valence-electron chi connectivity index (χ1n) is 9.87. The number of hydrogen-bond donors (Lipinski definition) is 1. The van der Waals surface area contributed by atoms with Crippen LogP contribution in [-0.4, -0.2) is 17.8 Å². The zero-order valence-corrected chi connectivity index (χ0v) is 20.5. The number of halogens is 5. The second-order valence-electron chi connectivity index (χ2n) is 7.29. The van der Waals surface area contributed by atoms with E-state index < -0.39 is 23.7 Å². The minimum Gasteiger partial charge on any atom is -0.486 e. The largest absolute Gasteiger partial charge is 0.486 e. The molecular formula is C24H13Cl4FN2O4. The van der Waals surface area contributed by atoms with Gasteiger partial charge in [-0.15, -0.1) is 0 Å². The zero-order valence-electron chi connectivity index (χ0n) is 17.5. The SMILES string of the molecule is O=C1NC(=O)N(c2ccc(Cl)c(Cl)c2)C(=O)/C1=C/c1cc(Cl)c(OCc2cccc(F)c2)c(Cl)c1. The Kier molecular flexibility index (Phi) is 7.33. The molecule has 178 valence electrons. The summed E-state index contributed by atoms with van der Waals surface area (Å²) in [4.78, 5) is 38.6. The first-order chi connectivity index (χ1) is 16.6. The van der Waals surface area contributed by atoms with Gasteiger partial charge in [-0.05, 0) is 59.7 Å². The molecule has 6 nitrogen and oxygen atoms in total. The van der Waals surface area contributed by atoms with Gasteiger partial charge in [-0.2, -0.15) is 0 Å². The fraction of sp³-hybridized carbons (Fsp3) is 0.0417. The van der Waals surface area contributed by atoms with Crippen LogP contribution in [0, 0.1) is 5.82 Å². The van der Waals surface area contributed by atoms with Crippen LogP contribution in [0.4, 0.5) is 14.9 Å². The molecule has 4 rings (SSSR count). The number of urea groups is 1. The molecule has 0 bridgehead atoms. The second-order valence-corrected chi connectivity index (χ2v) is 8.92. The number of nitrogens with zero attached hydrogens (tertiary/aromatic N) is 1. The summed E-state index contributed by atoms with van der Waals surface area (Å²) >= 11 is 24.5. The van der Waals surface area contributed by atoms with Crippen LogP contribution >= 0.6 is 46.4 Å². The van der Waals surface area contributed by atoms with Crippen molar-refractivity contribution in [3.8, 4) is 5.75 Å². The van der Waals surface area contributed by atoms with Crippen molar-refractivity contribution in [3.05, 3.63) is 97.2 Å². The van der Waals surface area contributed by atoms with Crippen LogP contribution in [0.3, 0.4) is 0 Å². The molecule has 4 amide bonds. The van der Waals surface area contributed by atoms with Gasteiger partial charge < -0.3 is 4.74 Å². The molecule has 1 saturated heterocycles. The van der Waals surface area contributed by atoms with Crippen LogP contribution in [0.2, 0.25) is 20.1 Å². The van der Waals surface area contributed by atoms with Crippen LogP contribution < -0.4 is 15.0 Å². The predicted octanol–water partition coefficient (Wildman–Crippen LogP) is 6.68. The predicted molar refractivity (Wildman–Crippen MR) is 133 cm³/mol. The van der Waals surface area contributed by atoms with E-state index in [4.69, 9.17) is 51.1 Å². The maximum Gasteiger partial charge on any atom is 0.335 e. The van der Waals surface area contributed by atoms with Crippen molar-refractivity contribution in [2.75, 3.05) is 4.90 Å². The number of hydrogen-bond acceptors (Lipinski definition) is 4. The molecule has 0 radical (unpaired) electrons. The molecule has 1 fully saturated rings. The fourth-order valence-electron chi connectivity index (χ4n) is 3.27. The van der Waals surface area contributed by atoms with E-state index in [9.17, 15) is 18.8 Å². The number of benzene rings is 3. The molecule has 0 aromatic heterocycles. The summed E-state index contributed by atoms with van der Waals surface area (Å²) in [6, 6.07) is 11.9. The number of barbiturate groups is 1. The normalized spacial score (nSPS) is 14.9. The van der Waals surface area contributed by atoms with Crippen LogP contribution in [0.1, 0.15) is 11.1 Å². The van der Waals surface area contributed by atoms with Crippen LogP contribution in [0.25, 0.3) is 6.08 Å². The lowest BCUT2D eigenvalue weighted by Gasteiger charge is -2.26. The molecular weight excluding hydrogens is 541 g/mol. The molecule has 0 atom stereocenters. The van der Waals surface area contributed by atoms with Gasteiger partial charge in [-0.25, -0.2) is 14.1 Å². The molecule has 1 heterocycles. The van der Waals surface area contributed by atoms with Crippen LogP contribution in [-0.2, 0) is 16.2 Å². The minimum atomic E-state index is -0.937. The van der Waals surface area contributed by atoms with Crippen molar-refractivity contribution in [1.29, 1.82) is 0 Å². The average molecular weight is 554 g/mol. The summed E-state index contributed by atoms with van der Waals surface area (Å²) in [5.74, 6) is -2.04. The Labute approximate surface area is 218 Å². The van der Waals surface area contributed by atoms with E-state index >= 15 is 0 Å². The Balaban J connectivity index is 1.62. The van der Waals surface area contributed by atoms with E-state index in [-0.39, 0.29) is 43.7 Å². The smallest absolute Gasteiger partial charge is 0.335 e. The number of carbonyl (C=O) groups is 3. The average Bonchev–Trinajstić information content (AvgIpc) is 2.78. The summed E-state index contributed by atoms with van der Waals surface area (Å²) in [6.45, 7) is 0.0131. The molecule has 0 saturated carbocycles. The Morgan fingerprint density at radius 1 is 0.886 bits per heavy atom. The number of imide groups is 2. The molecule has 1 aliphatic rings. The van der Waals surface area contributed by atoms with Gasteiger partial charge in [-0.3, -0.25) is 14.9 Å². The zero-order chi connectivity index (χ0) is 25.3. The van der Waals surface area contributed by atoms with E-state index in [2.05, 4.69) is 5.32 Å². The molecule has 1 aliphatic heterocycles. The van der Waals surface area contributed by atoms with E-state index in [0.29, 0.717) is 11.1 Å². The summed E-state index contributed by atoms with van der Waals surface area (Å²) in [5, 5.41) is 2.66. The molecule has 3 aromatic carbocycles. The molecule has 0 spiro atoms. The molecule has 0 aliphatic carbocycles. The van der Waals surface area contributed by atoms with Crippen LogP contribution in [0.5, 0.6) is 5.75 Å². The standard InChI is InChI=1S/C24H13Cl4FN2O4/c25-17-5-4-15(10-18(17)26)31-23(33)16(22(32)30-24(31)34)7-13-8-19(27)21(20(28)9-13)35-11-12-2-1-3-14(29)6-12/h1-10H,11H2,(H,30,32,34)/b16-7+. The van der Waals surface area contributed by atoms with Crippen molar-refractivity contribution in [2.24, 2.45) is 0 Å². The van der Waals surface area contributed by atoms with Crippen molar-refractivity contribution in [2.45, 2.75) is 6.61 Å². The van der Waals surface area contributed by atoms with Gasteiger partial charge in [0.2, 0.25) is 0 Å². The van der Waals surface area contributed by atoms with Crippen LogP contribution in [0.15, 0.2) is 60.2 Å². The maximum atomic E-state index is 13.4. The van der Waals surface area contributed by atoms with E-state index in [0.717, 1.165) is 4.90 Å². The number of rotatable bonds is 5. The topological polar surface area (TPSA) is 75.7 Å². The van der Waals surface area contributed by atoms with E-state index in [1.54, 1.807) is 12.1 Å². The van der Waals surface area contributed by atoms with E-state index in [1.807, 2.05) is 0 Å². The van der Waals surface area contributed by atoms with Gasteiger partial charge >= 0.3 is 6.03 Å². The Morgan fingerprint density at radius 3 is 2.26 bits per heavy atom. The molecule has 11 heteroatoms. The lowest BCUT2D eigenvalue weighted by molar-refractivity contribution is -0.122. The van der Waals surface area contributed by atoms with Crippen molar-refractivity contribution in [1.82, 2.24) is 5.32 Å². The summed E-state index contributed by atoms with van der Waals surface area (Å²) in [6.07, 6.45) is 1.24. The van der Waals surface area contributed by atoms with Crippen molar-refractivity contribution in [3.63, 3.8) is 0 Å². The molecule has 3 aromatic rings. The minimum absolute atomic E-state index is 0.0131. The van der Waals surface area contributed by atoms with E-state index in [1.165, 1.54) is 48.5 Å². The highest BCUT2D eigenvalue weighted by Crippen LogP contribution is 2.36. The highest BCUT2D eigenvalue weighted by Gasteiger charge is 2.37. The Bertz CT molecular complexity index is 1390. The molecule has 35 heavy (non-hydrogen) atoms. The first-order valence-corrected chi connectivity index (χ1v) is 11.4. The second kappa shape index (κ2) is 10.3. The third-order valence-electron chi connectivity index (χ3n) is 4.87. The van der Waals surface area contributed by atoms with Gasteiger partial charge in [0.05, 0.1) is 25.8 Å². The fourth-order valence-corrected chi connectivity index (χ4v) is 4.17. The number of ether oxygens (including phenoxy) is 1. The number of nitrogens with one attached hydrogen (secondary N) is 1. The first kappa shape index (κ1) is 25.0. The lowest BCUT2D eigenvalue weighted by Crippen LogP contribution is -2.54. The molecule has 0 unspecified atom stereocenters.